The van der Waals surface area contributed by atoms with Crippen molar-refractivity contribution in [1.29, 1.82) is 0 Å². The average Bonchev–Trinajstić information content (AvgIpc) is 3.22. The number of halogens is 3. The fraction of sp³-hybridized carbons (Fsp3) is 0.370. The molecule has 4 heterocycles. The Morgan fingerprint density at radius 2 is 1.67 bits per heavy atom. The third-order valence-corrected chi connectivity index (χ3v) is 7.48. The van der Waals surface area contributed by atoms with Crippen LogP contribution < -0.4 is 21.5 Å². The van der Waals surface area contributed by atoms with E-state index in [1.807, 2.05) is 35.2 Å². The number of imidazole rings is 1. The van der Waals surface area contributed by atoms with Gasteiger partial charge in [-0.25, -0.2) is 23.5 Å². The van der Waals surface area contributed by atoms with Crippen LogP contribution in [0.15, 0.2) is 65.7 Å². The van der Waals surface area contributed by atoms with E-state index in [0.29, 0.717) is 23.7 Å². The molecule has 3 N–H and O–H groups in total. The van der Waals surface area contributed by atoms with Crippen LogP contribution in [0.25, 0.3) is 16.9 Å². The van der Waals surface area contributed by atoms with Gasteiger partial charge in [0.25, 0.3) is 5.92 Å². The number of hydrogen-bond acceptors (Lipinski definition) is 7. The number of ether oxygens (including phenoxy) is 1. The van der Waals surface area contributed by atoms with Crippen LogP contribution in [-0.4, -0.2) is 62.1 Å². The van der Waals surface area contributed by atoms with Gasteiger partial charge in [0.05, 0.1) is 12.2 Å². The standard InChI is InChI=1S/C27H29F2N7O2.ClH/c28-27(29)16-34(18-10-13-31-14-11-18)15-12-22(27)36-25-23(24(30)32-17-33-25)35(26(36)37)19-6-8-21(9-7-19)38-20-4-2-1-3-5-20;/h1-9,17-18,22,31H,10-16H2,(H2,30,32,33);1H/t22-;/m1./s1. The molecule has 2 aromatic carbocycles. The average molecular weight is 558 g/mol. The van der Waals surface area contributed by atoms with Crippen molar-refractivity contribution in [2.75, 3.05) is 31.9 Å². The van der Waals surface area contributed by atoms with E-state index in [9.17, 15) is 4.79 Å². The minimum Gasteiger partial charge on any atom is -0.457 e. The highest BCUT2D eigenvalue weighted by atomic mass is 35.5. The first-order valence-corrected chi connectivity index (χ1v) is 12.8. The minimum atomic E-state index is -3.13. The first-order valence-electron chi connectivity index (χ1n) is 12.8. The van der Waals surface area contributed by atoms with E-state index in [1.165, 1.54) is 10.9 Å². The number of rotatable bonds is 5. The smallest absolute Gasteiger partial charge is 0.335 e. The van der Waals surface area contributed by atoms with Gasteiger partial charge in [-0.2, -0.15) is 0 Å². The summed E-state index contributed by atoms with van der Waals surface area (Å²) in [6.07, 6.45) is 3.02. The van der Waals surface area contributed by atoms with Crippen molar-refractivity contribution in [3.8, 4) is 17.2 Å². The van der Waals surface area contributed by atoms with Gasteiger partial charge in [0.2, 0.25) is 0 Å². The lowest BCUT2D eigenvalue weighted by molar-refractivity contribution is -0.114. The highest BCUT2D eigenvalue weighted by molar-refractivity contribution is 5.85. The second kappa shape index (κ2) is 10.9. The zero-order chi connectivity index (χ0) is 26.3. The van der Waals surface area contributed by atoms with Gasteiger partial charge in [-0.05, 0) is 68.8 Å². The van der Waals surface area contributed by atoms with E-state index >= 15 is 8.78 Å². The molecule has 0 radical (unpaired) electrons. The summed E-state index contributed by atoms with van der Waals surface area (Å²) < 4.78 is 39.7. The lowest BCUT2D eigenvalue weighted by Crippen LogP contribution is -2.55. The molecule has 4 aromatic rings. The fourth-order valence-electron chi connectivity index (χ4n) is 5.63. The molecule has 39 heavy (non-hydrogen) atoms. The fourth-order valence-corrected chi connectivity index (χ4v) is 5.63. The third-order valence-electron chi connectivity index (χ3n) is 7.48. The van der Waals surface area contributed by atoms with E-state index in [-0.39, 0.29) is 41.9 Å². The Hall–Kier alpha value is -3.54. The topological polar surface area (TPSA) is 103 Å². The number of para-hydroxylation sites is 1. The molecule has 2 saturated heterocycles. The van der Waals surface area contributed by atoms with Crippen LogP contribution in [0.3, 0.4) is 0 Å². The molecule has 0 unspecified atom stereocenters. The van der Waals surface area contributed by atoms with Gasteiger partial charge in [0, 0.05) is 12.6 Å². The zero-order valence-corrected chi connectivity index (χ0v) is 22.0. The number of nitrogens with one attached hydrogen (secondary N) is 1. The van der Waals surface area contributed by atoms with Crippen LogP contribution in [0.1, 0.15) is 25.3 Å². The molecule has 0 spiro atoms. The number of nitrogens with zero attached hydrogens (tertiary/aromatic N) is 5. The highest BCUT2D eigenvalue weighted by Crippen LogP contribution is 2.39. The first kappa shape index (κ1) is 27.0. The number of aromatic nitrogens is 4. The number of nitrogen functional groups attached to an aromatic ring is 1. The lowest BCUT2D eigenvalue weighted by atomic mass is 9.96. The summed E-state index contributed by atoms with van der Waals surface area (Å²) in [6, 6.07) is 14.9. The van der Waals surface area contributed by atoms with Crippen LogP contribution in [0.2, 0.25) is 0 Å². The van der Waals surface area contributed by atoms with Crippen molar-refractivity contribution in [2.45, 2.75) is 37.3 Å². The second-order valence-corrected chi connectivity index (χ2v) is 9.85. The monoisotopic (exact) mass is 557 g/mol. The maximum Gasteiger partial charge on any atom is 0.335 e. The molecule has 12 heteroatoms. The largest absolute Gasteiger partial charge is 0.457 e. The summed E-state index contributed by atoms with van der Waals surface area (Å²) in [4.78, 5) is 24.0. The molecule has 2 fully saturated rings. The number of alkyl halides is 2. The van der Waals surface area contributed by atoms with Crippen molar-refractivity contribution < 1.29 is 13.5 Å². The molecular formula is C27H30ClF2N7O2. The number of benzene rings is 2. The zero-order valence-electron chi connectivity index (χ0n) is 21.2. The normalized spacial score (nSPS) is 20.0. The Labute approximate surface area is 230 Å². The van der Waals surface area contributed by atoms with Gasteiger partial charge in [-0.15, -0.1) is 12.4 Å². The van der Waals surface area contributed by atoms with Crippen molar-refractivity contribution in [3.63, 3.8) is 0 Å². The van der Waals surface area contributed by atoms with Crippen LogP contribution in [0.5, 0.6) is 11.5 Å². The molecule has 0 saturated carbocycles. The van der Waals surface area contributed by atoms with Gasteiger partial charge in [-0.1, -0.05) is 18.2 Å². The minimum absolute atomic E-state index is 0. The van der Waals surface area contributed by atoms with E-state index in [2.05, 4.69) is 15.3 Å². The van der Waals surface area contributed by atoms with Gasteiger partial charge >= 0.3 is 5.69 Å². The van der Waals surface area contributed by atoms with E-state index in [0.717, 1.165) is 30.5 Å². The summed E-state index contributed by atoms with van der Waals surface area (Å²) in [5, 5.41) is 3.28. The maximum absolute atomic E-state index is 15.7. The molecule has 0 aliphatic carbocycles. The molecule has 2 aliphatic rings. The first-order chi connectivity index (χ1) is 18.4. The quantitative estimate of drug-likeness (QED) is 0.382. The van der Waals surface area contributed by atoms with Crippen molar-refractivity contribution in [1.82, 2.24) is 29.3 Å². The van der Waals surface area contributed by atoms with Gasteiger partial charge in [0.15, 0.2) is 11.5 Å². The Bertz CT molecular complexity index is 1490. The van der Waals surface area contributed by atoms with Crippen LogP contribution in [-0.2, 0) is 0 Å². The Kier molecular flexibility index (Phi) is 7.57. The summed E-state index contributed by atoms with van der Waals surface area (Å²) >= 11 is 0. The predicted molar refractivity (Wildman–Crippen MR) is 147 cm³/mol. The summed E-state index contributed by atoms with van der Waals surface area (Å²) in [5.41, 5.74) is 6.33. The lowest BCUT2D eigenvalue weighted by Gasteiger charge is -2.43. The van der Waals surface area contributed by atoms with Crippen LogP contribution in [0.4, 0.5) is 14.6 Å². The van der Waals surface area contributed by atoms with E-state index in [4.69, 9.17) is 10.5 Å². The number of anilines is 1. The van der Waals surface area contributed by atoms with Crippen molar-refractivity contribution in [3.05, 3.63) is 71.4 Å². The second-order valence-electron chi connectivity index (χ2n) is 9.85. The Morgan fingerprint density at radius 3 is 2.36 bits per heavy atom. The molecular weight excluding hydrogens is 528 g/mol. The van der Waals surface area contributed by atoms with Crippen molar-refractivity contribution >= 4 is 29.4 Å². The summed E-state index contributed by atoms with van der Waals surface area (Å²) in [6.45, 7) is 1.74. The number of nitrogens with two attached hydrogens (primary N) is 1. The summed E-state index contributed by atoms with van der Waals surface area (Å²) in [5.74, 6) is -1.84. The molecule has 0 amide bonds. The molecule has 1 atom stereocenters. The predicted octanol–water partition coefficient (Wildman–Crippen LogP) is 4.01. The third kappa shape index (κ3) is 5.09. The maximum atomic E-state index is 15.7. The number of hydrogen-bond donors (Lipinski definition) is 2. The molecule has 9 nitrogen and oxygen atoms in total. The molecule has 2 aliphatic heterocycles. The SMILES string of the molecule is Cl.Nc1ncnc2c1n(-c1ccc(Oc3ccccc3)cc1)c(=O)n2[C@@H]1CCN(C2CCNCC2)CC1(F)F. The highest BCUT2D eigenvalue weighted by Gasteiger charge is 2.48. The number of likely N-dealkylation sites (tertiary alicyclic amines) is 1. The van der Waals surface area contributed by atoms with Crippen LogP contribution in [0, 0.1) is 0 Å². The van der Waals surface area contributed by atoms with Crippen molar-refractivity contribution in [2.24, 2.45) is 0 Å². The van der Waals surface area contributed by atoms with Gasteiger partial charge in [-0.3, -0.25) is 14.0 Å². The van der Waals surface area contributed by atoms with E-state index in [1.54, 1.807) is 24.3 Å². The van der Waals surface area contributed by atoms with Gasteiger partial charge < -0.3 is 15.8 Å². The van der Waals surface area contributed by atoms with E-state index < -0.39 is 24.2 Å². The Balaban J connectivity index is 0.00000308. The van der Waals surface area contributed by atoms with Gasteiger partial charge in [0.1, 0.15) is 29.4 Å². The number of piperidine rings is 2. The molecule has 0 bridgehead atoms. The Morgan fingerprint density at radius 1 is 0.974 bits per heavy atom. The molecule has 206 valence electrons. The number of fused-ring (bicyclic) bond motifs is 1. The molecule has 6 rings (SSSR count). The molecule has 2 aromatic heterocycles. The van der Waals surface area contributed by atoms with Crippen LogP contribution >= 0.6 is 12.4 Å². The summed E-state index contributed by atoms with van der Waals surface area (Å²) in [7, 11) is 0.